The summed E-state index contributed by atoms with van der Waals surface area (Å²) in [6.07, 6.45) is 5.50. The van der Waals surface area contributed by atoms with Crippen LogP contribution >= 0.6 is 0 Å². The molecule has 5 nitrogen and oxygen atoms in total. The minimum Gasteiger partial charge on any atom is -0.495 e. The zero-order chi connectivity index (χ0) is 18.2. The summed E-state index contributed by atoms with van der Waals surface area (Å²) in [4.78, 5) is 12.3. The van der Waals surface area contributed by atoms with E-state index in [2.05, 4.69) is 51.4 Å². The Balaban J connectivity index is 1.48. The predicted molar refractivity (Wildman–Crippen MR) is 105 cm³/mol. The van der Waals surface area contributed by atoms with Gasteiger partial charge in [-0.2, -0.15) is 0 Å². The molecule has 5 heteroatoms. The normalized spacial score (nSPS) is 14.3. The van der Waals surface area contributed by atoms with Gasteiger partial charge in [-0.15, -0.1) is 0 Å². The number of ether oxygens (including phenoxy) is 2. The van der Waals surface area contributed by atoms with Crippen LogP contribution in [0.3, 0.4) is 0 Å². The van der Waals surface area contributed by atoms with Gasteiger partial charge in [-0.1, -0.05) is 6.07 Å². The van der Waals surface area contributed by atoms with Crippen molar-refractivity contribution in [1.82, 2.24) is 15.0 Å². The second-order valence-corrected chi connectivity index (χ2v) is 6.80. The van der Waals surface area contributed by atoms with Crippen LogP contribution in [0.2, 0.25) is 0 Å². The molecule has 0 aliphatic carbocycles. The Morgan fingerprint density at radius 1 is 0.963 bits per heavy atom. The fourth-order valence-corrected chi connectivity index (χ4v) is 3.37. The number of aromatic amines is 1. The number of methoxy groups -OCH3 is 1. The lowest BCUT2D eigenvalue weighted by atomic mass is 10.0. The Labute approximate surface area is 157 Å². The van der Waals surface area contributed by atoms with Crippen molar-refractivity contribution in [3.8, 4) is 28.1 Å². The Morgan fingerprint density at radius 2 is 1.85 bits per heavy atom. The van der Waals surface area contributed by atoms with E-state index in [1.165, 1.54) is 0 Å². The lowest BCUT2D eigenvalue weighted by Crippen LogP contribution is -2.25. The Morgan fingerprint density at radius 3 is 2.59 bits per heavy atom. The summed E-state index contributed by atoms with van der Waals surface area (Å²) in [5.74, 6) is 1.20. The van der Waals surface area contributed by atoms with E-state index in [1.54, 1.807) is 13.3 Å². The maximum atomic E-state index is 5.28. The van der Waals surface area contributed by atoms with E-state index in [1.807, 2.05) is 18.5 Å². The van der Waals surface area contributed by atoms with E-state index in [0.717, 1.165) is 57.9 Å². The van der Waals surface area contributed by atoms with Crippen LogP contribution in [-0.4, -0.2) is 35.3 Å². The molecule has 0 spiro atoms. The maximum Gasteiger partial charge on any atom is 0.137 e. The third kappa shape index (κ3) is 2.96. The summed E-state index contributed by atoms with van der Waals surface area (Å²) in [6.45, 7) is 1.56. The van der Waals surface area contributed by atoms with Crippen molar-refractivity contribution in [2.24, 2.45) is 0 Å². The highest BCUT2D eigenvalue weighted by molar-refractivity contribution is 5.89. The van der Waals surface area contributed by atoms with Crippen LogP contribution in [0.1, 0.15) is 11.6 Å². The van der Waals surface area contributed by atoms with Crippen molar-refractivity contribution in [3.63, 3.8) is 0 Å². The van der Waals surface area contributed by atoms with Gasteiger partial charge in [0.1, 0.15) is 5.75 Å². The number of nitrogens with one attached hydrogen (secondary N) is 1. The molecular weight excluding hydrogens is 338 g/mol. The number of aromatic nitrogens is 3. The van der Waals surface area contributed by atoms with Gasteiger partial charge < -0.3 is 14.5 Å². The molecule has 134 valence electrons. The number of hydrogen-bond acceptors (Lipinski definition) is 4. The van der Waals surface area contributed by atoms with Crippen LogP contribution in [0.5, 0.6) is 5.75 Å². The van der Waals surface area contributed by atoms with E-state index in [4.69, 9.17) is 9.47 Å². The summed E-state index contributed by atoms with van der Waals surface area (Å²) < 4.78 is 10.5. The highest BCUT2D eigenvalue weighted by atomic mass is 16.5. The van der Waals surface area contributed by atoms with Crippen molar-refractivity contribution in [3.05, 3.63) is 66.7 Å². The van der Waals surface area contributed by atoms with E-state index in [9.17, 15) is 0 Å². The standard InChI is InChI=1S/C22H19N3O2/c1-26-19-7-17(9-23-11-19)14-2-5-21-16(6-14)8-22(25-21)15-3-4-20(24-10-15)18-12-27-13-18/h2-11,18,25H,12-13H2,1H3. The molecule has 1 aromatic carbocycles. The molecule has 1 fully saturated rings. The van der Waals surface area contributed by atoms with Crippen LogP contribution in [0.25, 0.3) is 33.3 Å². The average molecular weight is 357 g/mol. The molecule has 1 aliphatic heterocycles. The van der Waals surface area contributed by atoms with Gasteiger partial charge in [0, 0.05) is 51.7 Å². The number of H-pyrrole nitrogens is 1. The maximum absolute atomic E-state index is 5.28. The molecule has 0 saturated carbocycles. The molecule has 0 bridgehead atoms. The van der Waals surface area contributed by atoms with Gasteiger partial charge >= 0.3 is 0 Å². The van der Waals surface area contributed by atoms with Gasteiger partial charge in [0.25, 0.3) is 0 Å². The second kappa shape index (κ2) is 6.52. The quantitative estimate of drug-likeness (QED) is 0.587. The molecule has 4 heterocycles. The van der Waals surface area contributed by atoms with Gasteiger partial charge in [-0.05, 0) is 42.0 Å². The minimum atomic E-state index is 0.445. The van der Waals surface area contributed by atoms with E-state index in [-0.39, 0.29) is 0 Å². The van der Waals surface area contributed by atoms with Gasteiger partial charge in [0.05, 0.1) is 26.5 Å². The van der Waals surface area contributed by atoms with E-state index in [0.29, 0.717) is 5.92 Å². The van der Waals surface area contributed by atoms with Gasteiger partial charge in [-0.3, -0.25) is 9.97 Å². The summed E-state index contributed by atoms with van der Waals surface area (Å²) in [6, 6.07) is 14.7. The van der Waals surface area contributed by atoms with E-state index < -0.39 is 0 Å². The number of rotatable bonds is 4. The monoisotopic (exact) mass is 357 g/mol. The number of pyridine rings is 2. The summed E-state index contributed by atoms with van der Waals surface area (Å²) in [5, 5.41) is 1.15. The molecule has 0 radical (unpaired) electrons. The molecule has 0 amide bonds. The SMILES string of the molecule is COc1cncc(-c2ccc3[nH]c(-c4ccc(C5COC5)nc4)cc3c2)c1. The molecular formula is C22H19N3O2. The number of nitrogens with zero attached hydrogens (tertiary/aromatic N) is 2. The first-order chi connectivity index (χ1) is 13.3. The second-order valence-electron chi connectivity index (χ2n) is 6.80. The number of hydrogen-bond donors (Lipinski definition) is 1. The lowest BCUT2D eigenvalue weighted by molar-refractivity contribution is 0.00672. The smallest absolute Gasteiger partial charge is 0.137 e. The lowest BCUT2D eigenvalue weighted by Gasteiger charge is -2.25. The van der Waals surface area contributed by atoms with Crippen LogP contribution in [0.4, 0.5) is 0 Å². The third-order valence-electron chi connectivity index (χ3n) is 5.06. The first kappa shape index (κ1) is 16.0. The van der Waals surface area contributed by atoms with Crippen LogP contribution < -0.4 is 4.74 Å². The zero-order valence-electron chi connectivity index (χ0n) is 15.0. The van der Waals surface area contributed by atoms with Gasteiger partial charge in [0.2, 0.25) is 0 Å². The van der Waals surface area contributed by atoms with Crippen molar-refractivity contribution in [2.75, 3.05) is 20.3 Å². The fraction of sp³-hybridized carbons (Fsp3) is 0.182. The highest BCUT2D eigenvalue weighted by Crippen LogP contribution is 2.30. The van der Waals surface area contributed by atoms with Gasteiger partial charge in [0.15, 0.2) is 0 Å². The zero-order valence-corrected chi connectivity index (χ0v) is 15.0. The Hall–Kier alpha value is -3.18. The largest absolute Gasteiger partial charge is 0.495 e. The minimum absolute atomic E-state index is 0.445. The van der Waals surface area contributed by atoms with Crippen LogP contribution in [0, 0.1) is 0 Å². The molecule has 5 rings (SSSR count). The highest BCUT2D eigenvalue weighted by Gasteiger charge is 2.21. The third-order valence-corrected chi connectivity index (χ3v) is 5.06. The van der Waals surface area contributed by atoms with Crippen molar-refractivity contribution < 1.29 is 9.47 Å². The molecule has 3 aromatic heterocycles. The Kier molecular flexibility index (Phi) is 3.87. The molecule has 1 N–H and O–H groups in total. The number of benzene rings is 1. The van der Waals surface area contributed by atoms with Crippen molar-refractivity contribution in [1.29, 1.82) is 0 Å². The fourth-order valence-electron chi connectivity index (χ4n) is 3.37. The number of fused-ring (bicyclic) bond motifs is 1. The molecule has 4 aromatic rings. The summed E-state index contributed by atoms with van der Waals surface area (Å²) in [5.41, 5.74) is 6.50. The molecule has 0 atom stereocenters. The molecule has 1 saturated heterocycles. The summed E-state index contributed by atoms with van der Waals surface area (Å²) >= 11 is 0. The van der Waals surface area contributed by atoms with Crippen LogP contribution in [-0.2, 0) is 4.74 Å². The van der Waals surface area contributed by atoms with E-state index >= 15 is 0 Å². The first-order valence-electron chi connectivity index (χ1n) is 8.96. The molecule has 27 heavy (non-hydrogen) atoms. The van der Waals surface area contributed by atoms with Crippen LogP contribution in [0.15, 0.2) is 61.1 Å². The predicted octanol–water partition coefficient (Wildman–Crippen LogP) is 4.41. The topological polar surface area (TPSA) is 60.0 Å². The average Bonchev–Trinajstić information content (AvgIpc) is 3.10. The summed E-state index contributed by atoms with van der Waals surface area (Å²) in [7, 11) is 1.65. The van der Waals surface area contributed by atoms with Crippen molar-refractivity contribution >= 4 is 10.9 Å². The molecule has 0 unspecified atom stereocenters. The first-order valence-corrected chi connectivity index (χ1v) is 8.96. The molecule has 1 aliphatic rings. The van der Waals surface area contributed by atoms with Gasteiger partial charge in [-0.25, -0.2) is 0 Å². The Bertz CT molecular complexity index is 1100. The van der Waals surface area contributed by atoms with Crippen molar-refractivity contribution in [2.45, 2.75) is 5.92 Å².